The molecule has 7 rings (SSSR count). The lowest BCUT2D eigenvalue weighted by molar-refractivity contribution is -0.150. The zero-order valence-corrected chi connectivity index (χ0v) is 20.7. The average molecular weight is 503 g/mol. The number of aryl methyl sites for hydroxylation is 1. The number of aromatic nitrogens is 4. The summed E-state index contributed by atoms with van der Waals surface area (Å²) in [5.41, 5.74) is 2.45. The van der Waals surface area contributed by atoms with Crippen molar-refractivity contribution in [3.05, 3.63) is 46.0 Å². The summed E-state index contributed by atoms with van der Waals surface area (Å²) in [6.45, 7) is 1.18. The fourth-order valence-corrected chi connectivity index (χ4v) is 6.09. The SMILES string of the molecule is Cn1ccc(OCC23CCC(OCc4c(-c5c(Cl)cncc5Cl)noc4C4CC4)(CC2)CC3)n1. The zero-order valence-electron chi connectivity index (χ0n) is 19.2. The molecule has 4 fully saturated rings. The van der Waals surface area contributed by atoms with Gasteiger partial charge in [-0.15, -0.1) is 5.10 Å². The first-order chi connectivity index (χ1) is 16.5. The molecule has 0 spiro atoms. The van der Waals surface area contributed by atoms with Gasteiger partial charge in [-0.25, -0.2) is 0 Å². The van der Waals surface area contributed by atoms with Crippen LogP contribution >= 0.6 is 23.2 Å². The molecule has 0 radical (unpaired) electrons. The minimum Gasteiger partial charge on any atom is -0.476 e. The van der Waals surface area contributed by atoms with E-state index in [1.165, 1.54) is 0 Å². The van der Waals surface area contributed by atoms with E-state index in [9.17, 15) is 0 Å². The molecule has 180 valence electrons. The van der Waals surface area contributed by atoms with Crippen molar-refractivity contribution in [3.63, 3.8) is 0 Å². The van der Waals surface area contributed by atoms with Gasteiger partial charge in [-0.05, 0) is 51.4 Å². The van der Waals surface area contributed by atoms with Gasteiger partial charge in [0.2, 0.25) is 5.88 Å². The van der Waals surface area contributed by atoms with Gasteiger partial charge in [0.1, 0.15) is 11.5 Å². The maximum Gasteiger partial charge on any atom is 0.232 e. The summed E-state index contributed by atoms with van der Waals surface area (Å²) < 4.78 is 20.3. The first kappa shape index (κ1) is 22.4. The molecule has 9 heteroatoms. The quantitative estimate of drug-likeness (QED) is 0.357. The summed E-state index contributed by atoms with van der Waals surface area (Å²) in [6, 6.07) is 1.92. The minimum atomic E-state index is -0.103. The van der Waals surface area contributed by atoms with E-state index in [-0.39, 0.29) is 11.0 Å². The lowest BCUT2D eigenvalue weighted by Crippen LogP contribution is -2.49. The van der Waals surface area contributed by atoms with Crippen LogP contribution in [0.5, 0.6) is 5.88 Å². The lowest BCUT2D eigenvalue weighted by Gasteiger charge is -2.52. The molecule has 0 amide bonds. The lowest BCUT2D eigenvalue weighted by atomic mass is 9.59. The Bertz CT molecular complexity index is 1160. The van der Waals surface area contributed by atoms with Crippen molar-refractivity contribution in [1.29, 1.82) is 0 Å². The van der Waals surface area contributed by atoms with Crippen LogP contribution in [-0.2, 0) is 18.4 Å². The fraction of sp³-hybridized carbons (Fsp3) is 0.560. The molecule has 3 aromatic heterocycles. The monoisotopic (exact) mass is 502 g/mol. The van der Waals surface area contributed by atoms with Gasteiger partial charge < -0.3 is 14.0 Å². The van der Waals surface area contributed by atoms with E-state index in [0.717, 1.165) is 69.3 Å². The van der Waals surface area contributed by atoms with Crippen LogP contribution in [0.1, 0.15) is 68.6 Å². The molecule has 34 heavy (non-hydrogen) atoms. The van der Waals surface area contributed by atoms with Crippen molar-refractivity contribution >= 4 is 23.2 Å². The van der Waals surface area contributed by atoms with E-state index >= 15 is 0 Å². The Hall–Kier alpha value is -2.09. The third-order valence-corrected chi connectivity index (χ3v) is 8.50. The molecule has 0 aromatic carbocycles. The van der Waals surface area contributed by atoms with Gasteiger partial charge in [0.05, 0.1) is 28.9 Å². The summed E-state index contributed by atoms with van der Waals surface area (Å²) in [7, 11) is 1.91. The Labute approximate surface area is 208 Å². The molecule has 0 saturated heterocycles. The molecule has 7 nitrogen and oxygen atoms in total. The molecular weight excluding hydrogens is 475 g/mol. The third kappa shape index (κ3) is 4.12. The summed E-state index contributed by atoms with van der Waals surface area (Å²) in [5, 5.41) is 9.67. The molecule has 0 unspecified atom stereocenters. The fourth-order valence-electron chi connectivity index (χ4n) is 5.55. The summed E-state index contributed by atoms with van der Waals surface area (Å²) >= 11 is 12.9. The highest BCUT2D eigenvalue weighted by Crippen LogP contribution is 2.55. The number of halogens is 2. The highest BCUT2D eigenvalue weighted by molar-refractivity contribution is 6.38. The predicted molar refractivity (Wildman–Crippen MR) is 128 cm³/mol. The van der Waals surface area contributed by atoms with E-state index in [1.54, 1.807) is 17.1 Å². The van der Waals surface area contributed by atoms with Crippen molar-refractivity contribution < 1.29 is 14.0 Å². The minimum absolute atomic E-state index is 0.103. The number of ether oxygens (including phenoxy) is 2. The van der Waals surface area contributed by atoms with Crippen molar-refractivity contribution in [1.82, 2.24) is 19.9 Å². The summed E-state index contributed by atoms with van der Waals surface area (Å²) in [4.78, 5) is 4.08. The second kappa shape index (κ2) is 8.54. The number of fused-ring (bicyclic) bond motifs is 3. The summed E-state index contributed by atoms with van der Waals surface area (Å²) in [5.74, 6) is 2.03. The van der Waals surface area contributed by atoms with Crippen molar-refractivity contribution in [2.75, 3.05) is 6.61 Å². The Morgan fingerprint density at radius 3 is 2.41 bits per heavy atom. The maximum atomic E-state index is 6.72. The standard InChI is InChI=1S/C25H28Cl2N4O3/c1-31-11-4-20(29-31)32-15-24-5-8-25(9-6-24,10-7-24)33-14-17-22(30-34-23(17)16-2-3-16)21-18(26)12-28-13-19(21)27/h4,11-13,16H,2-3,5-10,14-15H2,1H3. The molecule has 0 aliphatic heterocycles. The molecule has 3 aromatic rings. The first-order valence-corrected chi connectivity index (χ1v) is 12.8. The Morgan fingerprint density at radius 2 is 1.79 bits per heavy atom. The van der Waals surface area contributed by atoms with Gasteiger partial charge in [0.15, 0.2) is 0 Å². The molecule has 4 aliphatic rings. The van der Waals surface area contributed by atoms with Crippen molar-refractivity contribution in [2.45, 2.75) is 69.5 Å². The van der Waals surface area contributed by atoms with Crippen LogP contribution in [0.4, 0.5) is 0 Å². The van der Waals surface area contributed by atoms with Crippen LogP contribution in [0, 0.1) is 5.41 Å². The largest absolute Gasteiger partial charge is 0.476 e. The van der Waals surface area contributed by atoms with E-state index in [1.807, 2.05) is 19.3 Å². The van der Waals surface area contributed by atoms with Crippen LogP contribution in [0.15, 0.2) is 29.2 Å². The topological polar surface area (TPSA) is 75.2 Å². The number of hydrogen-bond acceptors (Lipinski definition) is 6. The Balaban J connectivity index is 1.16. The van der Waals surface area contributed by atoms with Gasteiger partial charge in [0.25, 0.3) is 0 Å². The van der Waals surface area contributed by atoms with E-state index < -0.39 is 0 Å². The molecular formula is C25H28Cl2N4O3. The van der Waals surface area contributed by atoms with Gasteiger partial charge >= 0.3 is 0 Å². The maximum absolute atomic E-state index is 6.72. The normalized spacial score (nSPS) is 26.2. The molecule has 4 aliphatic carbocycles. The predicted octanol–water partition coefficient (Wildman–Crippen LogP) is 6.34. The van der Waals surface area contributed by atoms with Crippen LogP contribution in [-0.4, -0.2) is 32.1 Å². The van der Waals surface area contributed by atoms with Gasteiger partial charge in [0, 0.05) is 54.2 Å². The zero-order chi connectivity index (χ0) is 23.3. The first-order valence-electron chi connectivity index (χ1n) is 12.0. The van der Waals surface area contributed by atoms with Crippen LogP contribution < -0.4 is 4.74 Å². The third-order valence-electron chi connectivity index (χ3n) is 7.93. The second-order valence-corrected chi connectivity index (χ2v) is 11.0. The summed E-state index contributed by atoms with van der Waals surface area (Å²) in [6.07, 6.45) is 13.7. The van der Waals surface area contributed by atoms with Gasteiger partial charge in [-0.1, -0.05) is 28.4 Å². The average Bonchev–Trinajstić information content (AvgIpc) is 3.47. The number of hydrogen-bond donors (Lipinski definition) is 0. The highest BCUT2D eigenvalue weighted by Gasteiger charge is 2.50. The molecule has 0 N–H and O–H groups in total. The molecule has 2 bridgehead atoms. The molecule has 0 atom stereocenters. The highest BCUT2D eigenvalue weighted by atomic mass is 35.5. The van der Waals surface area contributed by atoms with Crippen LogP contribution in [0.3, 0.4) is 0 Å². The number of rotatable bonds is 8. The Morgan fingerprint density at radius 1 is 1.09 bits per heavy atom. The number of pyridine rings is 1. The van der Waals surface area contributed by atoms with E-state index in [0.29, 0.717) is 39.7 Å². The smallest absolute Gasteiger partial charge is 0.232 e. The Kier molecular flexibility index (Phi) is 5.62. The van der Waals surface area contributed by atoms with E-state index in [2.05, 4.69) is 15.2 Å². The molecule has 3 heterocycles. The molecule has 4 saturated carbocycles. The van der Waals surface area contributed by atoms with Gasteiger partial charge in [-0.3, -0.25) is 9.67 Å². The van der Waals surface area contributed by atoms with Crippen LogP contribution in [0.2, 0.25) is 10.0 Å². The van der Waals surface area contributed by atoms with Gasteiger partial charge in [-0.2, -0.15) is 0 Å². The van der Waals surface area contributed by atoms with E-state index in [4.69, 9.17) is 37.2 Å². The van der Waals surface area contributed by atoms with Crippen molar-refractivity contribution in [2.24, 2.45) is 12.5 Å². The second-order valence-electron chi connectivity index (χ2n) is 10.2. The van der Waals surface area contributed by atoms with Crippen molar-refractivity contribution in [3.8, 4) is 17.1 Å². The van der Waals surface area contributed by atoms with Crippen LogP contribution in [0.25, 0.3) is 11.3 Å². The number of nitrogens with zero attached hydrogens (tertiary/aromatic N) is 4.